The second-order valence-corrected chi connectivity index (χ2v) is 8.08. The molecular formula is C24H26N4O2. The molecule has 0 spiro atoms. The summed E-state index contributed by atoms with van der Waals surface area (Å²) in [5.41, 5.74) is 4.46. The molecule has 3 heterocycles. The third-order valence-corrected chi connectivity index (χ3v) is 6.02. The number of nitrogens with one attached hydrogen (secondary N) is 1. The number of likely N-dealkylation sites (tertiary alicyclic amines) is 1. The van der Waals surface area contributed by atoms with Gasteiger partial charge in [-0.3, -0.25) is 9.69 Å². The lowest BCUT2D eigenvalue weighted by molar-refractivity contribution is -0.121. The second kappa shape index (κ2) is 8.32. The fourth-order valence-corrected chi connectivity index (χ4v) is 4.31. The second-order valence-electron chi connectivity index (χ2n) is 8.08. The maximum atomic E-state index is 12.7. The third-order valence-electron chi connectivity index (χ3n) is 6.02. The van der Waals surface area contributed by atoms with Crippen LogP contribution in [0.2, 0.25) is 0 Å². The Balaban J connectivity index is 1.12. The van der Waals surface area contributed by atoms with Crippen molar-refractivity contribution < 1.29 is 9.53 Å². The van der Waals surface area contributed by atoms with E-state index in [1.165, 1.54) is 11.1 Å². The zero-order chi connectivity index (χ0) is 20.3. The quantitative estimate of drug-likeness (QED) is 0.708. The van der Waals surface area contributed by atoms with Gasteiger partial charge < -0.3 is 10.1 Å². The van der Waals surface area contributed by atoms with Gasteiger partial charge in [-0.15, -0.1) is 0 Å². The van der Waals surface area contributed by atoms with E-state index in [9.17, 15) is 4.79 Å². The van der Waals surface area contributed by atoms with Gasteiger partial charge in [-0.1, -0.05) is 12.1 Å². The van der Waals surface area contributed by atoms with Crippen LogP contribution in [-0.4, -0.2) is 40.3 Å². The van der Waals surface area contributed by atoms with Crippen LogP contribution >= 0.6 is 0 Å². The van der Waals surface area contributed by atoms with Gasteiger partial charge in [-0.05, 0) is 73.5 Å². The summed E-state index contributed by atoms with van der Waals surface area (Å²) in [4.78, 5) is 15.2. The summed E-state index contributed by atoms with van der Waals surface area (Å²) in [6.45, 7) is 3.63. The van der Waals surface area contributed by atoms with Crippen molar-refractivity contribution in [3.8, 4) is 11.4 Å². The monoisotopic (exact) mass is 402 g/mol. The average molecular weight is 402 g/mol. The highest BCUT2D eigenvalue weighted by atomic mass is 16.5. The largest absolute Gasteiger partial charge is 0.493 e. The molecule has 1 amide bonds. The summed E-state index contributed by atoms with van der Waals surface area (Å²) < 4.78 is 7.40. The molecule has 30 heavy (non-hydrogen) atoms. The Hall–Kier alpha value is -3.12. The molecule has 0 aliphatic carbocycles. The van der Waals surface area contributed by atoms with Crippen LogP contribution in [0.1, 0.15) is 24.0 Å². The molecule has 3 aromatic rings. The van der Waals surface area contributed by atoms with Gasteiger partial charge in [-0.2, -0.15) is 5.10 Å². The first-order valence-electron chi connectivity index (χ1n) is 10.6. The number of carbonyl (C=O) groups is 1. The van der Waals surface area contributed by atoms with Crippen molar-refractivity contribution >= 4 is 11.6 Å². The standard InChI is InChI=1S/C24H26N4O2/c29-24(26-21-3-5-22(6-4-21)28-12-1-11-25-28)19-8-13-27(14-9-19)17-18-2-7-23-20(16-18)10-15-30-23/h1-7,11-12,16,19H,8-10,13-15,17H2,(H,26,29). The predicted molar refractivity (Wildman–Crippen MR) is 116 cm³/mol. The molecule has 1 N–H and O–H groups in total. The third kappa shape index (κ3) is 4.09. The van der Waals surface area contributed by atoms with Crippen LogP contribution < -0.4 is 10.1 Å². The molecule has 0 bridgehead atoms. The normalized spacial score (nSPS) is 16.8. The molecule has 5 rings (SSSR count). The fraction of sp³-hybridized carbons (Fsp3) is 0.333. The number of amides is 1. The molecule has 0 unspecified atom stereocenters. The zero-order valence-electron chi connectivity index (χ0n) is 17.0. The molecule has 2 aliphatic heterocycles. The van der Waals surface area contributed by atoms with Gasteiger partial charge >= 0.3 is 0 Å². The van der Waals surface area contributed by atoms with Crippen LogP contribution in [0.15, 0.2) is 60.9 Å². The van der Waals surface area contributed by atoms with Crippen molar-refractivity contribution in [2.75, 3.05) is 25.0 Å². The summed E-state index contributed by atoms with van der Waals surface area (Å²) in [5, 5.41) is 7.30. The van der Waals surface area contributed by atoms with E-state index < -0.39 is 0 Å². The molecule has 1 aromatic heterocycles. The van der Waals surface area contributed by atoms with Gasteiger partial charge in [0.1, 0.15) is 5.75 Å². The topological polar surface area (TPSA) is 59.4 Å². The molecule has 1 saturated heterocycles. The van der Waals surface area contributed by atoms with Crippen molar-refractivity contribution in [3.05, 3.63) is 72.1 Å². The molecule has 2 aromatic carbocycles. The number of piperidine rings is 1. The Morgan fingerprint density at radius 2 is 1.97 bits per heavy atom. The number of fused-ring (bicyclic) bond motifs is 1. The molecule has 6 nitrogen and oxygen atoms in total. The number of hydrogen-bond donors (Lipinski definition) is 1. The van der Waals surface area contributed by atoms with E-state index >= 15 is 0 Å². The maximum Gasteiger partial charge on any atom is 0.227 e. The average Bonchev–Trinajstić information content (AvgIpc) is 3.47. The van der Waals surface area contributed by atoms with Crippen LogP contribution in [0.25, 0.3) is 5.69 Å². The van der Waals surface area contributed by atoms with Crippen molar-refractivity contribution in [2.45, 2.75) is 25.8 Å². The molecule has 6 heteroatoms. The Morgan fingerprint density at radius 1 is 1.13 bits per heavy atom. The van der Waals surface area contributed by atoms with E-state index in [1.807, 2.05) is 36.5 Å². The number of aromatic nitrogens is 2. The maximum absolute atomic E-state index is 12.7. The fourth-order valence-electron chi connectivity index (χ4n) is 4.31. The summed E-state index contributed by atoms with van der Waals surface area (Å²) in [6.07, 6.45) is 6.45. The first-order chi connectivity index (χ1) is 14.7. The zero-order valence-corrected chi connectivity index (χ0v) is 17.0. The highest BCUT2D eigenvalue weighted by Crippen LogP contribution is 2.27. The Kier molecular flexibility index (Phi) is 5.24. The highest BCUT2D eigenvalue weighted by Gasteiger charge is 2.25. The molecule has 0 saturated carbocycles. The summed E-state index contributed by atoms with van der Waals surface area (Å²) >= 11 is 0. The van der Waals surface area contributed by atoms with Gasteiger partial charge in [0.25, 0.3) is 0 Å². The highest BCUT2D eigenvalue weighted by molar-refractivity contribution is 5.92. The van der Waals surface area contributed by atoms with Crippen LogP contribution in [-0.2, 0) is 17.8 Å². The van der Waals surface area contributed by atoms with E-state index in [4.69, 9.17) is 4.74 Å². The minimum absolute atomic E-state index is 0.0699. The summed E-state index contributed by atoms with van der Waals surface area (Å²) in [5.74, 6) is 1.23. The van der Waals surface area contributed by atoms with E-state index in [2.05, 4.69) is 33.5 Å². The molecule has 154 valence electrons. The van der Waals surface area contributed by atoms with E-state index in [-0.39, 0.29) is 11.8 Å². The van der Waals surface area contributed by atoms with E-state index in [0.717, 1.165) is 62.6 Å². The summed E-state index contributed by atoms with van der Waals surface area (Å²) in [7, 11) is 0. The van der Waals surface area contributed by atoms with Crippen LogP contribution in [0, 0.1) is 5.92 Å². The lowest BCUT2D eigenvalue weighted by atomic mass is 9.95. The van der Waals surface area contributed by atoms with E-state index in [0.29, 0.717) is 0 Å². The Labute approximate surface area is 176 Å². The molecular weight excluding hydrogens is 376 g/mol. The van der Waals surface area contributed by atoms with Crippen molar-refractivity contribution in [1.82, 2.24) is 14.7 Å². The lowest BCUT2D eigenvalue weighted by Crippen LogP contribution is -2.37. The lowest BCUT2D eigenvalue weighted by Gasteiger charge is -2.31. The minimum Gasteiger partial charge on any atom is -0.493 e. The molecule has 2 aliphatic rings. The van der Waals surface area contributed by atoms with Gasteiger partial charge in [-0.25, -0.2) is 4.68 Å². The van der Waals surface area contributed by atoms with Gasteiger partial charge in [0, 0.05) is 37.0 Å². The van der Waals surface area contributed by atoms with Crippen molar-refractivity contribution in [2.24, 2.45) is 5.92 Å². The van der Waals surface area contributed by atoms with Crippen LogP contribution in [0.3, 0.4) is 0 Å². The van der Waals surface area contributed by atoms with Crippen LogP contribution in [0.5, 0.6) is 5.75 Å². The number of rotatable bonds is 5. The molecule has 1 fully saturated rings. The number of anilines is 1. The Morgan fingerprint density at radius 3 is 2.73 bits per heavy atom. The molecule has 0 atom stereocenters. The van der Waals surface area contributed by atoms with Gasteiger partial charge in [0.2, 0.25) is 5.91 Å². The summed E-state index contributed by atoms with van der Waals surface area (Å²) in [6, 6.07) is 16.2. The number of ether oxygens (including phenoxy) is 1. The number of hydrogen-bond acceptors (Lipinski definition) is 4. The first kappa shape index (κ1) is 18.9. The number of carbonyl (C=O) groups excluding carboxylic acids is 1. The van der Waals surface area contributed by atoms with Crippen molar-refractivity contribution in [3.63, 3.8) is 0 Å². The SMILES string of the molecule is O=C(Nc1ccc(-n2cccn2)cc1)C1CCN(Cc2ccc3c(c2)CCO3)CC1. The Bertz CT molecular complexity index is 1010. The number of nitrogens with zero attached hydrogens (tertiary/aromatic N) is 3. The molecule has 0 radical (unpaired) electrons. The minimum atomic E-state index is 0.0699. The predicted octanol–water partition coefficient (Wildman–Crippen LogP) is 3.66. The smallest absolute Gasteiger partial charge is 0.227 e. The van der Waals surface area contributed by atoms with Gasteiger partial charge in [0.15, 0.2) is 0 Å². The van der Waals surface area contributed by atoms with Crippen molar-refractivity contribution in [1.29, 1.82) is 0 Å². The van der Waals surface area contributed by atoms with Gasteiger partial charge in [0.05, 0.1) is 12.3 Å². The van der Waals surface area contributed by atoms with Crippen LogP contribution in [0.4, 0.5) is 5.69 Å². The number of benzene rings is 2. The van der Waals surface area contributed by atoms with E-state index in [1.54, 1.807) is 10.9 Å². The first-order valence-corrected chi connectivity index (χ1v) is 10.6.